The van der Waals surface area contributed by atoms with Crippen LogP contribution in [-0.4, -0.2) is 15.0 Å². The molecule has 348 valence electrons. The molecule has 3 heterocycles. The van der Waals surface area contributed by atoms with Crippen molar-refractivity contribution in [3.8, 4) is 89.8 Å². The highest BCUT2D eigenvalue weighted by atomic mass is 32.1. The van der Waals surface area contributed by atoms with Crippen molar-refractivity contribution in [2.75, 3.05) is 0 Å². The molecule has 1 spiro atoms. The molecule has 0 unspecified atom stereocenters. The normalized spacial score (nSPS) is 12.9. The van der Waals surface area contributed by atoms with E-state index in [9.17, 15) is 0 Å². The van der Waals surface area contributed by atoms with Crippen LogP contribution in [0.25, 0.3) is 132 Å². The van der Waals surface area contributed by atoms with E-state index in [0.717, 1.165) is 71.8 Å². The number of rotatable bonds is 6. The Labute approximate surface area is 436 Å². The molecule has 5 heteroatoms. The molecule has 0 bridgehead atoms. The first-order valence-electron chi connectivity index (χ1n) is 25.5. The Bertz CT molecular complexity index is 4620. The van der Waals surface area contributed by atoms with Gasteiger partial charge in [-0.2, -0.15) is 0 Å². The quantitative estimate of drug-likeness (QED) is 0.167. The number of benzene rings is 11. The highest BCUT2D eigenvalue weighted by Gasteiger charge is 2.51. The molecule has 3 aromatic heterocycles. The van der Waals surface area contributed by atoms with Crippen LogP contribution in [-0.2, 0) is 5.41 Å². The van der Waals surface area contributed by atoms with Crippen molar-refractivity contribution in [2.45, 2.75) is 5.41 Å². The number of fused-ring (bicyclic) bond motifs is 16. The lowest BCUT2D eigenvalue weighted by molar-refractivity contribution is 0.669. The molecule has 16 rings (SSSR count). The van der Waals surface area contributed by atoms with Gasteiger partial charge in [-0.3, -0.25) is 0 Å². The van der Waals surface area contributed by atoms with Crippen LogP contribution in [0.1, 0.15) is 22.3 Å². The Kier molecular flexibility index (Phi) is 9.09. The molecule has 4 nitrogen and oxygen atoms in total. The highest BCUT2D eigenvalue weighted by Crippen LogP contribution is 2.63. The van der Waals surface area contributed by atoms with Gasteiger partial charge in [-0.05, 0) is 120 Å². The van der Waals surface area contributed by atoms with Gasteiger partial charge in [0.1, 0.15) is 11.2 Å². The third kappa shape index (κ3) is 6.26. The van der Waals surface area contributed by atoms with Gasteiger partial charge in [0.15, 0.2) is 17.5 Å². The van der Waals surface area contributed by atoms with Gasteiger partial charge in [-0.1, -0.05) is 206 Å². The molecule has 0 aliphatic heterocycles. The van der Waals surface area contributed by atoms with Gasteiger partial charge in [-0.15, -0.1) is 11.3 Å². The van der Waals surface area contributed by atoms with Crippen LogP contribution >= 0.6 is 11.3 Å². The number of aromatic nitrogens is 3. The summed E-state index contributed by atoms with van der Waals surface area (Å²) in [5, 5.41) is 4.31. The summed E-state index contributed by atoms with van der Waals surface area (Å²) in [6, 6.07) is 89.8. The Balaban J connectivity index is 0.826. The minimum Gasteiger partial charge on any atom is -0.456 e. The third-order valence-corrected chi connectivity index (χ3v) is 16.9. The Morgan fingerprint density at radius 3 is 1.49 bits per heavy atom. The first kappa shape index (κ1) is 42.0. The molecule has 0 atom stereocenters. The van der Waals surface area contributed by atoms with Crippen LogP contribution in [0.4, 0.5) is 0 Å². The number of hydrogen-bond donors (Lipinski definition) is 0. The molecular weight excluding hydrogens is 931 g/mol. The molecule has 14 aromatic rings. The van der Waals surface area contributed by atoms with Crippen molar-refractivity contribution in [3.63, 3.8) is 0 Å². The zero-order valence-corrected chi connectivity index (χ0v) is 41.1. The first-order valence-corrected chi connectivity index (χ1v) is 26.3. The fourth-order valence-electron chi connectivity index (χ4n) is 12.5. The molecule has 0 fully saturated rings. The standard InChI is InChI=1S/C70H41N3OS/c1-2-15-42(16-3-1)43-31-33-44(34-32-43)67-71-68(73-69(72-67)54-24-14-30-64-66(54)52-22-7-11-29-63(52)75-64)53-23-13-28-62-65(53)56-41-48(36-38-61(56)74-62)46-18-12-17-45(39-46)47-35-37-60-55(40-47)51-21-6-10-27-59(51)70(60)57-25-8-4-19-49(57)50-20-5-9-26-58(50)70/h1-41H. The Morgan fingerprint density at radius 2 is 0.760 bits per heavy atom. The van der Waals surface area contributed by atoms with Crippen molar-refractivity contribution in [2.24, 2.45) is 0 Å². The average molecular weight is 972 g/mol. The fourth-order valence-corrected chi connectivity index (χ4v) is 13.6. The first-order chi connectivity index (χ1) is 37.2. The largest absolute Gasteiger partial charge is 0.456 e. The molecular formula is C70H41N3OS. The van der Waals surface area contributed by atoms with E-state index in [1.54, 1.807) is 11.3 Å². The van der Waals surface area contributed by atoms with Gasteiger partial charge in [0.05, 0.1) is 5.41 Å². The van der Waals surface area contributed by atoms with E-state index < -0.39 is 0 Å². The van der Waals surface area contributed by atoms with Crippen molar-refractivity contribution in [3.05, 3.63) is 271 Å². The second kappa shape index (κ2) is 16.2. The molecule has 0 radical (unpaired) electrons. The molecule has 11 aromatic carbocycles. The van der Waals surface area contributed by atoms with Crippen molar-refractivity contribution < 1.29 is 4.42 Å². The van der Waals surface area contributed by atoms with Crippen LogP contribution in [0.3, 0.4) is 0 Å². The SMILES string of the molecule is c1ccc(-c2ccc(-c3nc(-c4cccc5oc6ccc(-c7cccc(-c8ccc9c(c8)-c8ccccc8C98c9ccccc9-c9ccccc98)c7)cc6c45)nc(-c4cccc5sc6ccccc6c45)n3)cc2)cc1. The second-order valence-corrected chi connectivity index (χ2v) is 20.8. The second-order valence-electron chi connectivity index (χ2n) is 19.7. The molecule has 0 saturated heterocycles. The summed E-state index contributed by atoms with van der Waals surface area (Å²) in [7, 11) is 0. The lowest BCUT2D eigenvalue weighted by Gasteiger charge is -2.30. The maximum absolute atomic E-state index is 6.66. The minimum absolute atomic E-state index is 0.368. The maximum Gasteiger partial charge on any atom is 0.164 e. The van der Waals surface area contributed by atoms with Crippen LogP contribution in [0.15, 0.2) is 253 Å². The monoisotopic (exact) mass is 971 g/mol. The molecule has 75 heavy (non-hydrogen) atoms. The number of furan rings is 1. The van der Waals surface area contributed by atoms with E-state index in [4.69, 9.17) is 19.4 Å². The smallest absolute Gasteiger partial charge is 0.164 e. The lowest BCUT2D eigenvalue weighted by Crippen LogP contribution is -2.25. The number of thiophene rings is 1. The van der Waals surface area contributed by atoms with Crippen LogP contribution in [0, 0.1) is 0 Å². The summed E-state index contributed by atoms with van der Waals surface area (Å²) in [4.78, 5) is 16.0. The van der Waals surface area contributed by atoms with E-state index in [-0.39, 0.29) is 5.41 Å². The summed E-state index contributed by atoms with van der Waals surface area (Å²) in [5.74, 6) is 1.82. The lowest BCUT2D eigenvalue weighted by atomic mass is 9.70. The summed E-state index contributed by atoms with van der Waals surface area (Å²) < 4.78 is 9.09. The summed E-state index contributed by atoms with van der Waals surface area (Å²) in [6.07, 6.45) is 0. The van der Waals surface area contributed by atoms with E-state index in [1.807, 2.05) is 18.2 Å². The molecule has 0 saturated carbocycles. The van der Waals surface area contributed by atoms with Gasteiger partial charge in [0, 0.05) is 47.6 Å². The predicted octanol–water partition coefficient (Wildman–Crippen LogP) is 18.5. The van der Waals surface area contributed by atoms with Crippen LogP contribution in [0.5, 0.6) is 0 Å². The summed E-state index contributed by atoms with van der Waals surface area (Å²) in [5.41, 5.74) is 21.4. The number of nitrogens with zero attached hydrogens (tertiary/aromatic N) is 3. The fraction of sp³-hybridized carbons (Fsp3) is 0.0143. The van der Waals surface area contributed by atoms with Crippen molar-refractivity contribution in [1.29, 1.82) is 0 Å². The molecule has 0 N–H and O–H groups in total. The van der Waals surface area contributed by atoms with Gasteiger partial charge in [0.2, 0.25) is 0 Å². The van der Waals surface area contributed by atoms with Crippen LogP contribution < -0.4 is 0 Å². The zero-order valence-electron chi connectivity index (χ0n) is 40.3. The topological polar surface area (TPSA) is 51.8 Å². The average Bonchev–Trinajstić information content (AvgIpc) is 4.41. The molecule has 2 aliphatic rings. The van der Waals surface area contributed by atoms with Crippen molar-refractivity contribution in [1.82, 2.24) is 15.0 Å². The molecule has 2 aliphatic carbocycles. The maximum atomic E-state index is 6.66. The Morgan fingerprint density at radius 1 is 0.280 bits per heavy atom. The van der Waals surface area contributed by atoms with Gasteiger partial charge < -0.3 is 4.42 Å². The molecule has 0 amide bonds. The van der Waals surface area contributed by atoms with Crippen molar-refractivity contribution >= 4 is 53.4 Å². The van der Waals surface area contributed by atoms with Gasteiger partial charge >= 0.3 is 0 Å². The van der Waals surface area contributed by atoms with Gasteiger partial charge in [-0.25, -0.2) is 15.0 Å². The number of hydrogen-bond acceptors (Lipinski definition) is 5. The van der Waals surface area contributed by atoms with E-state index in [2.05, 4.69) is 231 Å². The van der Waals surface area contributed by atoms with Crippen LogP contribution in [0.2, 0.25) is 0 Å². The summed E-state index contributed by atoms with van der Waals surface area (Å²) in [6.45, 7) is 0. The zero-order chi connectivity index (χ0) is 49.2. The highest BCUT2D eigenvalue weighted by molar-refractivity contribution is 7.25. The summed E-state index contributed by atoms with van der Waals surface area (Å²) >= 11 is 1.79. The predicted molar refractivity (Wildman–Crippen MR) is 309 cm³/mol. The minimum atomic E-state index is -0.368. The van der Waals surface area contributed by atoms with E-state index in [0.29, 0.717) is 17.5 Å². The third-order valence-electron chi connectivity index (χ3n) is 15.8. The Hall–Kier alpha value is -9.55. The van der Waals surface area contributed by atoms with E-state index >= 15 is 0 Å². The van der Waals surface area contributed by atoms with E-state index in [1.165, 1.54) is 64.9 Å². The van der Waals surface area contributed by atoms with Gasteiger partial charge in [0.25, 0.3) is 0 Å².